The number of carbonyl (C=O) groups excluding carboxylic acids is 2. The number of Topliss-reactive ketones (excluding diaryl/α,β-unsaturated/α-hetero) is 1. The molecule has 2 aromatic carbocycles. The zero-order valence-corrected chi connectivity index (χ0v) is 15.7. The van der Waals surface area contributed by atoms with Gasteiger partial charge in [0.25, 0.3) is 11.7 Å². The van der Waals surface area contributed by atoms with E-state index in [0.717, 1.165) is 0 Å². The average Bonchev–Trinajstić information content (AvgIpc) is 2.99. The molecule has 1 saturated heterocycles. The number of hydrogen-bond acceptors (Lipinski definition) is 4. The van der Waals surface area contributed by atoms with E-state index < -0.39 is 23.5 Å². The number of aromatic nitrogens is 1. The number of hydrogen-bond donors (Lipinski definition) is 1. The molecule has 0 saturated carbocycles. The van der Waals surface area contributed by atoms with Crippen LogP contribution in [0.3, 0.4) is 0 Å². The Morgan fingerprint density at radius 3 is 2.38 bits per heavy atom. The molecule has 1 amide bonds. The molecule has 7 heteroatoms. The van der Waals surface area contributed by atoms with Gasteiger partial charge in [-0.2, -0.15) is 0 Å². The summed E-state index contributed by atoms with van der Waals surface area (Å²) in [6.45, 7) is 0. The lowest BCUT2D eigenvalue weighted by Crippen LogP contribution is -2.29. The van der Waals surface area contributed by atoms with Crippen molar-refractivity contribution < 1.29 is 19.1 Å². The number of anilines is 1. The lowest BCUT2D eigenvalue weighted by Gasteiger charge is -2.25. The Morgan fingerprint density at radius 1 is 1.03 bits per heavy atom. The van der Waals surface area contributed by atoms with E-state index in [0.29, 0.717) is 21.8 Å². The van der Waals surface area contributed by atoms with Gasteiger partial charge in [0.05, 0.1) is 11.6 Å². The van der Waals surface area contributed by atoms with Gasteiger partial charge in [-0.3, -0.25) is 19.5 Å². The summed E-state index contributed by atoms with van der Waals surface area (Å²) in [5, 5.41) is 11.3. The van der Waals surface area contributed by atoms with Gasteiger partial charge in [0, 0.05) is 28.7 Å². The molecule has 0 spiro atoms. The first-order valence-corrected chi connectivity index (χ1v) is 9.07. The Hall–Kier alpha value is -3.51. The lowest BCUT2D eigenvalue weighted by atomic mass is 9.95. The van der Waals surface area contributed by atoms with Gasteiger partial charge in [-0.15, -0.1) is 0 Å². The van der Waals surface area contributed by atoms with Gasteiger partial charge in [-0.25, -0.2) is 4.39 Å². The van der Waals surface area contributed by atoms with Gasteiger partial charge < -0.3 is 5.11 Å². The number of nitrogens with zero attached hydrogens (tertiary/aromatic N) is 2. The van der Waals surface area contributed by atoms with E-state index >= 15 is 0 Å². The van der Waals surface area contributed by atoms with E-state index in [2.05, 4.69) is 4.98 Å². The highest BCUT2D eigenvalue weighted by atomic mass is 35.5. The van der Waals surface area contributed by atoms with Crippen LogP contribution in [0.15, 0.2) is 78.6 Å². The molecule has 3 aromatic rings. The molecule has 1 aromatic heterocycles. The monoisotopic (exact) mass is 408 g/mol. The zero-order valence-electron chi connectivity index (χ0n) is 14.9. The summed E-state index contributed by atoms with van der Waals surface area (Å²) in [6.07, 6.45) is 2.93. The molecule has 0 bridgehead atoms. The number of benzene rings is 2. The molecule has 5 nitrogen and oxygen atoms in total. The molecule has 2 heterocycles. The van der Waals surface area contributed by atoms with Crippen LogP contribution >= 0.6 is 11.6 Å². The van der Waals surface area contributed by atoms with Crippen molar-refractivity contribution in [2.45, 2.75) is 6.04 Å². The number of halogens is 2. The number of ketones is 1. The molecule has 0 aliphatic carbocycles. The molecule has 1 aliphatic heterocycles. The minimum atomic E-state index is -0.942. The van der Waals surface area contributed by atoms with Crippen molar-refractivity contribution in [3.8, 4) is 0 Å². The summed E-state index contributed by atoms with van der Waals surface area (Å²) in [5.41, 5.74) is 1.12. The van der Waals surface area contributed by atoms with Gasteiger partial charge >= 0.3 is 0 Å². The van der Waals surface area contributed by atoms with Crippen molar-refractivity contribution in [3.63, 3.8) is 0 Å². The second-order valence-corrected chi connectivity index (χ2v) is 6.87. The normalized spacial score (nSPS) is 18.3. The predicted octanol–water partition coefficient (Wildman–Crippen LogP) is 4.50. The largest absolute Gasteiger partial charge is 0.507 e. The van der Waals surface area contributed by atoms with Crippen molar-refractivity contribution in [3.05, 3.63) is 101 Å². The first-order chi connectivity index (χ1) is 14.0. The van der Waals surface area contributed by atoms with Crippen molar-refractivity contribution in [1.82, 2.24) is 4.98 Å². The smallest absolute Gasteiger partial charge is 0.300 e. The maximum atomic E-state index is 13.5. The van der Waals surface area contributed by atoms with Crippen LogP contribution in [0.25, 0.3) is 5.76 Å². The minimum Gasteiger partial charge on any atom is -0.507 e. The van der Waals surface area contributed by atoms with Crippen LogP contribution in [-0.2, 0) is 9.59 Å². The summed E-state index contributed by atoms with van der Waals surface area (Å²) in [6, 6.07) is 14.0. The van der Waals surface area contributed by atoms with Gasteiger partial charge in [0.2, 0.25) is 0 Å². The van der Waals surface area contributed by atoms with Crippen LogP contribution in [-0.4, -0.2) is 21.8 Å². The molecule has 4 rings (SSSR count). The van der Waals surface area contributed by atoms with Crippen molar-refractivity contribution in [2.24, 2.45) is 0 Å². The fraction of sp³-hybridized carbons (Fsp3) is 0.0455. The molecule has 1 unspecified atom stereocenters. The van der Waals surface area contributed by atoms with Crippen LogP contribution in [0.2, 0.25) is 5.02 Å². The van der Waals surface area contributed by atoms with Crippen molar-refractivity contribution in [2.75, 3.05) is 4.90 Å². The highest BCUT2D eigenvalue weighted by Gasteiger charge is 2.47. The fourth-order valence-electron chi connectivity index (χ4n) is 3.35. The van der Waals surface area contributed by atoms with E-state index in [1.54, 1.807) is 24.3 Å². The van der Waals surface area contributed by atoms with E-state index in [4.69, 9.17) is 11.6 Å². The third-order valence-corrected chi connectivity index (χ3v) is 4.91. The molecule has 1 N–H and O–H groups in total. The first-order valence-electron chi connectivity index (χ1n) is 8.70. The molecule has 29 heavy (non-hydrogen) atoms. The summed E-state index contributed by atoms with van der Waals surface area (Å²) in [4.78, 5) is 31.0. The second kappa shape index (κ2) is 7.48. The summed E-state index contributed by atoms with van der Waals surface area (Å²) >= 11 is 6.08. The number of pyridine rings is 1. The number of rotatable bonds is 3. The van der Waals surface area contributed by atoms with Crippen LogP contribution in [0.4, 0.5) is 10.1 Å². The van der Waals surface area contributed by atoms with E-state index in [1.807, 2.05) is 0 Å². The average molecular weight is 409 g/mol. The Morgan fingerprint density at radius 2 is 1.72 bits per heavy atom. The molecular weight excluding hydrogens is 395 g/mol. The highest BCUT2D eigenvalue weighted by Crippen LogP contribution is 2.42. The number of aliphatic hydroxyl groups is 1. The predicted molar refractivity (Wildman–Crippen MR) is 107 cm³/mol. The third kappa shape index (κ3) is 3.39. The highest BCUT2D eigenvalue weighted by molar-refractivity contribution is 6.51. The first kappa shape index (κ1) is 18.8. The van der Waals surface area contributed by atoms with E-state index in [9.17, 15) is 19.1 Å². The maximum Gasteiger partial charge on any atom is 0.300 e. The van der Waals surface area contributed by atoms with Crippen molar-refractivity contribution >= 4 is 34.7 Å². The van der Waals surface area contributed by atoms with Gasteiger partial charge in [-0.05, 0) is 48.0 Å². The van der Waals surface area contributed by atoms with Gasteiger partial charge in [0.1, 0.15) is 11.6 Å². The van der Waals surface area contributed by atoms with Crippen LogP contribution in [0.5, 0.6) is 0 Å². The van der Waals surface area contributed by atoms with Crippen LogP contribution in [0.1, 0.15) is 17.2 Å². The molecule has 144 valence electrons. The molecule has 0 radical (unpaired) electrons. The van der Waals surface area contributed by atoms with E-state index in [1.165, 1.54) is 53.7 Å². The second-order valence-electron chi connectivity index (χ2n) is 6.44. The Balaban J connectivity index is 1.96. The molecule has 1 atom stereocenters. The van der Waals surface area contributed by atoms with Crippen LogP contribution < -0.4 is 4.90 Å². The topological polar surface area (TPSA) is 70.5 Å². The zero-order chi connectivity index (χ0) is 20.5. The summed E-state index contributed by atoms with van der Waals surface area (Å²) in [5.74, 6) is -2.43. The Labute approximate surface area is 170 Å². The SMILES string of the molecule is O=C1C(=O)N(c2cccc(Cl)c2)C(c2ccc(F)cc2)/C1=C(\O)c1ccncc1. The Kier molecular flexibility index (Phi) is 4.86. The Bertz CT molecular complexity index is 1130. The van der Waals surface area contributed by atoms with E-state index in [-0.39, 0.29) is 11.3 Å². The van der Waals surface area contributed by atoms with Crippen molar-refractivity contribution in [1.29, 1.82) is 0 Å². The molecule has 1 aliphatic rings. The number of amides is 1. The standard InChI is InChI=1S/C22H14ClFN2O3/c23-15-2-1-3-17(12-15)26-19(13-4-6-16(24)7-5-13)18(21(28)22(26)29)20(27)14-8-10-25-11-9-14/h1-12,19,27H/b20-18+. The third-order valence-electron chi connectivity index (χ3n) is 4.67. The summed E-state index contributed by atoms with van der Waals surface area (Å²) < 4.78 is 13.5. The maximum absolute atomic E-state index is 13.5. The fourth-order valence-corrected chi connectivity index (χ4v) is 3.54. The molecular formula is C22H14ClFN2O3. The number of aliphatic hydroxyl groups excluding tert-OH is 1. The van der Waals surface area contributed by atoms with Gasteiger partial charge in [0.15, 0.2) is 0 Å². The van der Waals surface area contributed by atoms with Gasteiger partial charge in [-0.1, -0.05) is 29.8 Å². The molecule has 1 fully saturated rings. The minimum absolute atomic E-state index is 0.0900. The van der Waals surface area contributed by atoms with Crippen LogP contribution in [0, 0.1) is 5.82 Å². The number of carbonyl (C=O) groups is 2. The summed E-state index contributed by atoms with van der Waals surface area (Å²) in [7, 11) is 0. The quantitative estimate of drug-likeness (QED) is 0.393. The lowest BCUT2D eigenvalue weighted by molar-refractivity contribution is -0.132.